The highest BCUT2D eigenvalue weighted by Crippen LogP contribution is 2.45. The van der Waals surface area contributed by atoms with Crippen molar-refractivity contribution in [3.63, 3.8) is 0 Å². The van der Waals surface area contributed by atoms with Gasteiger partial charge in [0.25, 0.3) is 0 Å². The van der Waals surface area contributed by atoms with Crippen LogP contribution in [0.3, 0.4) is 0 Å². The lowest BCUT2D eigenvalue weighted by atomic mass is 10.0. The molecule has 0 saturated carbocycles. The van der Waals surface area contributed by atoms with Crippen molar-refractivity contribution in [2.45, 2.75) is 348 Å². The normalized spacial score (nSPS) is 14.2. The Morgan fingerprint density at radius 2 is 0.548 bits per heavy atom. The summed E-state index contributed by atoms with van der Waals surface area (Å²) < 4.78 is 67.8. The van der Waals surface area contributed by atoms with Crippen LogP contribution in [0.15, 0.2) is 0 Å². The van der Waals surface area contributed by atoms with Gasteiger partial charge in [-0.05, 0) is 31.6 Å². The number of esters is 4. The second-order valence-corrected chi connectivity index (χ2v) is 26.9. The molecule has 498 valence electrons. The maximum atomic E-state index is 13.0. The molecule has 84 heavy (non-hydrogen) atoms. The van der Waals surface area contributed by atoms with Crippen molar-refractivity contribution >= 4 is 39.5 Å². The SMILES string of the molecule is CCCCCCCCCCCCCCCCCCCC(=O)O[C@H](COC(=O)CCCCCCCCCCCC(C)C)COP(=O)(O)OC[C@@H](O)COP(=O)(O)OC[C@@H](COC(=O)CCCCCCC)OC(=O)CCCCCCCCCCCC. The Kier molecular flexibility index (Phi) is 57.4. The highest BCUT2D eigenvalue weighted by atomic mass is 31.2. The Hall–Kier alpha value is -1.94. The van der Waals surface area contributed by atoms with E-state index in [0.29, 0.717) is 25.7 Å². The monoisotopic (exact) mass is 1240 g/mol. The summed E-state index contributed by atoms with van der Waals surface area (Å²) >= 11 is 0. The fourth-order valence-corrected chi connectivity index (χ4v) is 11.3. The largest absolute Gasteiger partial charge is 0.472 e. The minimum Gasteiger partial charge on any atom is -0.462 e. The molecule has 0 aromatic heterocycles. The van der Waals surface area contributed by atoms with E-state index in [1.54, 1.807) is 0 Å². The number of carbonyl (C=O) groups excluding carboxylic acids is 4. The number of hydrogen-bond donors (Lipinski definition) is 3. The first-order valence-corrected chi connectivity index (χ1v) is 37.1. The zero-order valence-corrected chi connectivity index (χ0v) is 55.8. The molecule has 0 aromatic carbocycles. The number of hydrogen-bond acceptors (Lipinski definition) is 15. The molecule has 0 aliphatic carbocycles. The first-order chi connectivity index (χ1) is 40.5. The van der Waals surface area contributed by atoms with Gasteiger partial charge in [0.15, 0.2) is 12.2 Å². The van der Waals surface area contributed by atoms with Crippen LogP contribution in [-0.2, 0) is 65.4 Å². The van der Waals surface area contributed by atoms with Gasteiger partial charge in [-0.25, -0.2) is 9.13 Å². The van der Waals surface area contributed by atoms with E-state index >= 15 is 0 Å². The molecule has 0 saturated heterocycles. The number of ether oxygens (including phenoxy) is 4. The topological polar surface area (TPSA) is 237 Å². The molecule has 5 atom stereocenters. The van der Waals surface area contributed by atoms with E-state index < -0.39 is 97.5 Å². The highest BCUT2D eigenvalue weighted by molar-refractivity contribution is 7.47. The first kappa shape index (κ1) is 82.1. The fourth-order valence-electron chi connectivity index (χ4n) is 9.76. The summed E-state index contributed by atoms with van der Waals surface area (Å²) in [5.41, 5.74) is 0. The summed E-state index contributed by atoms with van der Waals surface area (Å²) in [6.07, 6.45) is 43.4. The minimum atomic E-state index is -4.94. The number of unbranched alkanes of at least 4 members (excludes halogenated alkanes) is 37. The smallest absolute Gasteiger partial charge is 0.462 e. The number of carbonyl (C=O) groups is 4. The number of rotatable bonds is 65. The molecule has 0 bridgehead atoms. The molecule has 0 spiro atoms. The van der Waals surface area contributed by atoms with Gasteiger partial charge in [-0.1, -0.05) is 279 Å². The van der Waals surface area contributed by atoms with Crippen LogP contribution in [0.25, 0.3) is 0 Å². The van der Waals surface area contributed by atoms with E-state index in [2.05, 4.69) is 34.6 Å². The molecular weight excluding hydrogens is 1110 g/mol. The van der Waals surface area contributed by atoms with Crippen LogP contribution >= 0.6 is 15.6 Å². The van der Waals surface area contributed by atoms with Crippen LogP contribution in [0.1, 0.15) is 330 Å². The number of aliphatic hydroxyl groups excluding tert-OH is 1. The Labute approximate surface area is 511 Å². The molecule has 0 amide bonds. The number of aliphatic hydroxyl groups is 1. The summed E-state index contributed by atoms with van der Waals surface area (Å²) in [6, 6.07) is 0. The van der Waals surface area contributed by atoms with Crippen LogP contribution in [0.4, 0.5) is 0 Å². The Bertz CT molecular complexity index is 1640. The number of phosphoric ester groups is 2. The average Bonchev–Trinajstić information content (AvgIpc) is 3.60. The van der Waals surface area contributed by atoms with Gasteiger partial charge in [-0.3, -0.25) is 37.3 Å². The van der Waals surface area contributed by atoms with Gasteiger partial charge in [-0.15, -0.1) is 0 Å². The zero-order chi connectivity index (χ0) is 62.0. The van der Waals surface area contributed by atoms with Gasteiger partial charge in [-0.2, -0.15) is 0 Å². The van der Waals surface area contributed by atoms with Crippen molar-refractivity contribution < 1.29 is 80.2 Å². The summed E-state index contributed by atoms with van der Waals surface area (Å²) in [5.74, 6) is -1.40. The molecule has 2 unspecified atom stereocenters. The van der Waals surface area contributed by atoms with E-state index in [-0.39, 0.29) is 25.7 Å². The van der Waals surface area contributed by atoms with Gasteiger partial charge in [0.2, 0.25) is 0 Å². The summed E-state index contributed by atoms with van der Waals surface area (Å²) in [6.45, 7) is 7.09. The van der Waals surface area contributed by atoms with E-state index in [4.69, 9.17) is 37.0 Å². The zero-order valence-electron chi connectivity index (χ0n) is 54.0. The third-order valence-electron chi connectivity index (χ3n) is 15.0. The molecule has 0 aliphatic heterocycles. The summed E-state index contributed by atoms with van der Waals surface area (Å²) in [4.78, 5) is 72.0. The van der Waals surface area contributed by atoms with Gasteiger partial charge in [0.1, 0.15) is 19.3 Å². The van der Waals surface area contributed by atoms with Crippen LogP contribution < -0.4 is 0 Å². The Morgan fingerprint density at radius 3 is 0.810 bits per heavy atom. The van der Waals surface area contributed by atoms with Crippen molar-refractivity contribution in [1.82, 2.24) is 0 Å². The summed E-state index contributed by atoms with van der Waals surface area (Å²) in [5, 5.41) is 10.5. The van der Waals surface area contributed by atoms with E-state index in [1.807, 2.05) is 0 Å². The van der Waals surface area contributed by atoms with Crippen LogP contribution in [0.2, 0.25) is 0 Å². The predicted octanol–water partition coefficient (Wildman–Crippen LogP) is 18.2. The lowest BCUT2D eigenvalue weighted by Gasteiger charge is -2.21. The van der Waals surface area contributed by atoms with Crippen molar-refractivity contribution in [2.24, 2.45) is 5.92 Å². The van der Waals surface area contributed by atoms with Gasteiger partial charge >= 0.3 is 39.5 Å². The van der Waals surface area contributed by atoms with Crippen LogP contribution in [0, 0.1) is 5.92 Å². The third-order valence-corrected chi connectivity index (χ3v) is 16.9. The van der Waals surface area contributed by atoms with Crippen LogP contribution in [-0.4, -0.2) is 96.7 Å². The van der Waals surface area contributed by atoms with Crippen molar-refractivity contribution in [2.75, 3.05) is 39.6 Å². The molecule has 3 N–H and O–H groups in total. The maximum absolute atomic E-state index is 13.0. The molecule has 17 nitrogen and oxygen atoms in total. The molecule has 0 fully saturated rings. The lowest BCUT2D eigenvalue weighted by molar-refractivity contribution is -0.161. The standard InChI is InChI=1S/C65H126O17P2/c1-6-9-12-15-17-19-21-22-23-24-25-26-27-31-36-41-46-51-65(70)82-61(55-76-63(68)49-44-39-34-32-28-29-33-38-42-47-58(4)5)57-80-84(73,74)78-53-59(66)52-77-83(71,72)79-56-60(54-75-62(67)48-43-37-14-11-8-3)81-64(69)50-45-40-35-30-20-18-16-13-10-7-2/h58-61,66H,6-57H2,1-5H3,(H,71,72)(H,73,74)/t59-,60+,61+/m0/s1. The molecule has 0 heterocycles. The van der Waals surface area contributed by atoms with E-state index in [9.17, 15) is 43.2 Å². The quantitative estimate of drug-likeness (QED) is 0.0222. The third kappa shape index (κ3) is 59.0. The molecular formula is C65H126O17P2. The van der Waals surface area contributed by atoms with E-state index in [1.165, 1.54) is 148 Å². The van der Waals surface area contributed by atoms with Crippen molar-refractivity contribution in [1.29, 1.82) is 0 Å². The molecule has 0 aromatic rings. The Morgan fingerprint density at radius 1 is 0.321 bits per heavy atom. The van der Waals surface area contributed by atoms with E-state index in [0.717, 1.165) is 102 Å². The lowest BCUT2D eigenvalue weighted by Crippen LogP contribution is -2.30. The maximum Gasteiger partial charge on any atom is 0.472 e. The average molecular weight is 1240 g/mol. The minimum absolute atomic E-state index is 0.106. The molecule has 19 heteroatoms. The van der Waals surface area contributed by atoms with Crippen LogP contribution in [0.5, 0.6) is 0 Å². The number of phosphoric acid groups is 2. The van der Waals surface area contributed by atoms with Gasteiger partial charge in [0, 0.05) is 25.7 Å². The highest BCUT2D eigenvalue weighted by Gasteiger charge is 2.30. The fraction of sp³-hybridized carbons (Fsp3) is 0.938. The predicted molar refractivity (Wildman–Crippen MR) is 335 cm³/mol. The molecule has 0 radical (unpaired) electrons. The van der Waals surface area contributed by atoms with Crippen molar-refractivity contribution in [3.05, 3.63) is 0 Å². The second-order valence-electron chi connectivity index (χ2n) is 24.0. The second kappa shape index (κ2) is 58.7. The molecule has 0 aliphatic rings. The van der Waals surface area contributed by atoms with Gasteiger partial charge < -0.3 is 33.8 Å². The molecule has 0 rings (SSSR count). The Balaban J connectivity index is 5.15. The van der Waals surface area contributed by atoms with Gasteiger partial charge in [0.05, 0.1) is 26.4 Å². The van der Waals surface area contributed by atoms with Crippen molar-refractivity contribution in [3.8, 4) is 0 Å². The first-order valence-electron chi connectivity index (χ1n) is 34.1. The summed E-state index contributed by atoms with van der Waals surface area (Å²) in [7, 11) is -9.88.